The zero-order valence-electron chi connectivity index (χ0n) is 15.0. The Kier molecular flexibility index (Phi) is 5.39. The van der Waals surface area contributed by atoms with Crippen molar-refractivity contribution in [1.82, 2.24) is 15.0 Å². The Morgan fingerprint density at radius 1 is 0.929 bits per heavy atom. The third-order valence-corrected chi connectivity index (χ3v) is 4.85. The summed E-state index contributed by atoms with van der Waals surface area (Å²) in [5.74, 6) is 0.658. The van der Waals surface area contributed by atoms with Crippen LogP contribution in [-0.4, -0.2) is 26.1 Å². The highest BCUT2D eigenvalue weighted by molar-refractivity contribution is 9.09. The molecule has 28 heavy (non-hydrogen) atoms. The zero-order valence-corrected chi connectivity index (χ0v) is 16.6. The summed E-state index contributed by atoms with van der Waals surface area (Å²) in [7, 11) is 0. The Bertz CT molecular complexity index is 1120. The number of ketones is 1. The maximum Gasteiger partial charge on any atom is 0.210 e. The van der Waals surface area contributed by atoms with Crippen molar-refractivity contribution < 1.29 is 4.79 Å². The van der Waals surface area contributed by atoms with Crippen LogP contribution in [-0.2, 0) is 6.54 Å². The van der Waals surface area contributed by atoms with Crippen LogP contribution in [0.5, 0.6) is 0 Å². The van der Waals surface area contributed by atoms with Gasteiger partial charge in [-0.15, -0.1) is 0 Å². The second kappa shape index (κ2) is 8.27. The van der Waals surface area contributed by atoms with Gasteiger partial charge in [-0.1, -0.05) is 64.5 Å². The van der Waals surface area contributed by atoms with Gasteiger partial charge in [0.1, 0.15) is 5.82 Å². The van der Waals surface area contributed by atoms with Gasteiger partial charge in [0.05, 0.1) is 28.5 Å². The molecule has 0 aliphatic carbocycles. The first kappa shape index (κ1) is 18.3. The molecule has 0 spiro atoms. The molecule has 2 aromatic heterocycles. The average molecular weight is 433 g/mol. The maximum absolute atomic E-state index is 12.2. The van der Waals surface area contributed by atoms with E-state index in [1.165, 1.54) is 0 Å². The number of alkyl halides is 1. The molecule has 5 nitrogen and oxygen atoms in total. The second-order valence-electron chi connectivity index (χ2n) is 6.19. The van der Waals surface area contributed by atoms with Gasteiger partial charge in [-0.3, -0.25) is 9.78 Å². The monoisotopic (exact) mass is 432 g/mol. The lowest BCUT2D eigenvalue weighted by Crippen LogP contribution is -2.11. The van der Waals surface area contributed by atoms with Gasteiger partial charge in [-0.2, -0.15) is 0 Å². The lowest BCUT2D eigenvalue weighted by molar-refractivity contribution is 0.101. The van der Waals surface area contributed by atoms with Crippen LogP contribution in [0.4, 0.5) is 5.82 Å². The van der Waals surface area contributed by atoms with Gasteiger partial charge in [-0.05, 0) is 29.3 Å². The zero-order chi connectivity index (χ0) is 19.3. The molecule has 1 N–H and O–H groups in total. The van der Waals surface area contributed by atoms with Crippen molar-refractivity contribution in [3.8, 4) is 11.1 Å². The molecule has 2 heterocycles. The van der Waals surface area contributed by atoms with E-state index in [2.05, 4.69) is 48.3 Å². The molecule has 6 heteroatoms. The molecular weight excluding hydrogens is 416 g/mol. The lowest BCUT2D eigenvalue weighted by atomic mass is 10.0. The summed E-state index contributed by atoms with van der Waals surface area (Å²) in [6.07, 6.45) is 1.75. The molecule has 0 amide bonds. The van der Waals surface area contributed by atoms with E-state index in [1.54, 1.807) is 6.20 Å². The number of nitrogens with one attached hydrogen (secondary N) is 1. The number of fused-ring (bicyclic) bond motifs is 1. The molecule has 138 valence electrons. The first-order chi connectivity index (χ1) is 13.8. The quantitative estimate of drug-likeness (QED) is 0.347. The standard InChI is InChI=1S/C22H17BrN4O/c23-13-19(28)21-26-18-11-6-10-17(15-7-2-1-3-8-15)20(18)22(27-21)25-14-16-9-4-5-12-24-16/h1-12H,13-14H2,(H,25,26,27). The third-order valence-electron chi connectivity index (χ3n) is 4.34. The van der Waals surface area contributed by atoms with E-state index in [9.17, 15) is 4.79 Å². The van der Waals surface area contributed by atoms with E-state index in [0.717, 1.165) is 27.7 Å². The van der Waals surface area contributed by atoms with Crippen LogP contribution in [0.1, 0.15) is 16.3 Å². The highest BCUT2D eigenvalue weighted by atomic mass is 79.9. The molecular formula is C22H17BrN4O. The Labute approximate surface area is 171 Å². The number of anilines is 1. The number of halogens is 1. The number of carbonyl (C=O) groups is 1. The van der Waals surface area contributed by atoms with Crippen LogP contribution in [0.3, 0.4) is 0 Å². The third kappa shape index (κ3) is 3.77. The van der Waals surface area contributed by atoms with Gasteiger partial charge in [0.2, 0.25) is 5.78 Å². The van der Waals surface area contributed by atoms with E-state index in [-0.39, 0.29) is 16.9 Å². The van der Waals surface area contributed by atoms with E-state index in [1.807, 2.05) is 54.6 Å². The van der Waals surface area contributed by atoms with Crippen molar-refractivity contribution >= 4 is 38.4 Å². The summed E-state index contributed by atoms with van der Waals surface area (Å²) in [4.78, 5) is 25.6. The molecule has 0 saturated carbocycles. The largest absolute Gasteiger partial charge is 0.364 e. The second-order valence-corrected chi connectivity index (χ2v) is 6.75. The molecule has 0 saturated heterocycles. The Balaban J connectivity index is 1.86. The van der Waals surface area contributed by atoms with E-state index < -0.39 is 0 Å². The minimum Gasteiger partial charge on any atom is -0.364 e. The molecule has 0 radical (unpaired) electrons. The number of benzene rings is 2. The van der Waals surface area contributed by atoms with Crippen LogP contribution < -0.4 is 5.32 Å². The van der Waals surface area contributed by atoms with Crippen molar-refractivity contribution in [2.75, 3.05) is 10.6 Å². The van der Waals surface area contributed by atoms with E-state index >= 15 is 0 Å². The van der Waals surface area contributed by atoms with Crippen molar-refractivity contribution in [3.63, 3.8) is 0 Å². The normalized spacial score (nSPS) is 10.8. The van der Waals surface area contributed by atoms with Crippen LogP contribution in [0.25, 0.3) is 22.0 Å². The van der Waals surface area contributed by atoms with Gasteiger partial charge < -0.3 is 5.32 Å². The van der Waals surface area contributed by atoms with Crippen LogP contribution >= 0.6 is 15.9 Å². The summed E-state index contributed by atoms with van der Waals surface area (Å²) in [6, 6.07) is 21.7. The fraction of sp³-hybridized carbons (Fsp3) is 0.0909. The van der Waals surface area contributed by atoms with Gasteiger partial charge >= 0.3 is 0 Å². The van der Waals surface area contributed by atoms with Crippen molar-refractivity contribution in [1.29, 1.82) is 0 Å². The van der Waals surface area contributed by atoms with Gasteiger partial charge in [0.25, 0.3) is 0 Å². The summed E-state index contributed by atoms with van der Waals surface area (Å²) in [6.45, 7) is 0.498. The molecule has 4 aromatic rings. The van der Waals surface area contributed by atoms with Crippen LogP contribution in [0.15, 0.2) is 72.9 Å². The van der Waals surface area contributed by atoms with E-state index in [0.29, 0.717) is 12.4 Å². The molecule has 0 aliphatic rings. The maximum atomic E-state index is 12.2. The number of Topliss-reactive ketones (excluding diaryl/α,β-unsaturated/α-hetero) is 1. The Hall–Kier alpha value is -3.12. The predicted octanol–water partition coefficient (Wildman–Crippen LogP) is 4.88. The number of rotatable bonds is 6. The topological polar surface area (TPSA) is 67.8 Å². The number of pyridine rings is 1. The highest BCUT2D eigenvalue weighted by Crippen LogP contribution is 2.32. The Morgan fingerprint density at radius 3 is 2.50 bits per heavy atom. The molecule has 0 unspecified atom stereocenters. The molecule has 2 aromatic carbocycles. The fourth-order valence-corrected chi connectivity index (χ4v) is 3.28. The number of hydrogen-bond donors (Lipinski definition) is 1. The van der Waals surface area contributed by atoms with Gasteiger partial charge in [-0.25, -0.2) is 9.97 Å². The molecule has 0 fully saturated rings. The number of hydrogen-bond acceptors (Lipinski definition) is 5. The first-order valence-electron chi connectivity index (χ1n) is 8.85. The Morgan fingerprint density at radius 2 is 1.75 bits per heavy atom. The molecule has 0 bridgehead atoms. The molecule has 0 atom stereocenters. The van der Waals surface area contributed by atoms with Crippen molar-refractivity contribution in [2.24, 2.45) is 0 Å². The minimum absolute atomic E-state index is 0.159. The first-order valence-corrected chi connectivity index (χ1v) is 9.97. The van der Waals surface area contributed by atoms with Crippen molar-refractivity contribution in [2.45, 2.75) is 6.54 Å². The minimum atomic E-state index is -0.159. The van der Waals surface area contributed by atoms with Crippen LogP contribution in [0.2, 0.25) is 0 Å². The smallest absolute Gasteiger partial charge is 0.210 e. The van der Waals surface area contributed by atoms with E-state index in [4.69, 9.17) is 0 Å². The average Bonchev–Trinajstić information content (AvgIpc) is 2.77. The predicted molar refractivity (Wildman–Crippen MR) is 115 cm³/mol. The molecule has 0 aliphatic heterocycles. The number of nitrogens with zero attached hydrogens (tertiary/aromatic N) is 3. The summed E-state index contributed by atoms with van der Waals surface area (Å²) >= 11 is 3.21. The van der Waals surface area contributed by atoms with Crippen molar-refractivity contribution in [3.05, 3.63) is 84.4 Å². The lowest BCUT2D eigenvalue weighted by Gasteiger charge is -2.13. The van der Waals surface area contributed by atoms with Crippen LogP contribution in [0, 0.1) is 0 Å². The summed E-state index contributed by atoms with van der Waals surface area (Å²) < 4.78 is 0. The number of carbonyl (C=O) groups excluding carboxylic acids is 1. The molecule has 4 rings (SSSR count). The van der Waals surface area contributed by atoms with Gasteiger partial charge in [0.15, 0.2) is 5.82 Å². The fourth-order valence-electron chi connectivity index (χ4n) is 3.03. The van der Waals surface area contributed by atoms with Gasteiger partial charge in [0, 0.05) is 6.20 Å². The SMILES string of the molecule is O=C(CBr)c1nc(NCc2ccccn2)c2c(-c3ccccc3)cccc2n1. The highest BCUT2D eigenvalue weighted by Gasteiger charge is 2.16. The summed E-state index contributed by atoms with van der Waals surface area (Å²) in [5, 5.41) is 4.41. The number of aromatic nitrogens is 3. The summed E-state index contributed by atoms with van der Waals surface area (Å²) in [5.41, 5.74) is 3.70.